The normalized spacial score (nSPS) is 22.1. The van der Waals surface area contributed by atoms with E-state index >= 15 is 0 Å². The van der Waals surface area contributed by atoms with E-state index in [2.05, 4.69) is 10.6 Å². The van der Waals surface area contributed by atoms with Crippen LogP contribution in [0.2, 0.25) is 0 Å². The molecule has 0 aromatic heterocycles. The van der Waals surface area contributed by atoms with Gasteiger partial charge in [0.05, 0.1) is 29.7 Å². The van der Waals surface area contributed by atoms with Gasteiger partial charge in [0.15, 0.2) is 0 Å². The van der Waals surface area contributed by atoms with Gasteiger partial charge < -0.3 is 26.2 Å². The molecule has 22 heavy (non-hydrogen) atoms. The summed E-state index contributed by atoms with van der Waals surface area (Å²) in [4.78, 5) is 34.4. The van der Waals surface area contributed by atoms with Crippen molar-refractivity contribution in [1.82, 2.24) is 10.6 Å². The maximum Gasteiger partial charge on any atom is 0.305 e. The van der Waals surface area contributed by atoms with Gasteiger partial charge in [-0.25, -0.2) is 0 Å². The molecule has 1 saturated heterocycles. The highest BCUT2D eigenvalue weighted by molar-refractivity contribution is 5.91. The summed E-state index contributed by atoms with van der Waals surface area (Å²) in [6.07, 6.45) is -0.489. The molecule has 0 aliphatic carbocycles. The van der Waals surface area contributed by atoms with Gasteiger partial charge in [0, 0.05) is 0 Å². The quantitative estimate of drug-likeness (QED) is 0.516. The lowest BCUT2D eigenvalue weighted by Crippen LogP contribution is -2.74. The lowest BCUT2D eigenvalue weighted by molar-refractivity contribution is -0.264. The smallest absolute Gasteiger partial charge is 0.305 e. The third kappa shape index (κ3) is 4.17. The fourth-order valence-corrected chi connectivity index (χ4v) is 2.86. The van der Waals surface area contributed by atoms with Gasteiger partial charge >= 0.3 is 5.97 Å². The highest BCUT2D eigenvalue weighted by Crippen LogP contribution is 2.40. The number of amides is 2. The maximum absolute atomic E-state index is 12.2. The van der Waals surface area contributed by atoms with Crippen LogP contribution >= 0.6 is 0 Å². The Bertz CT molecular complexity index is 461. The molecular weight excluding hydrogens is 290 g/mol. The average molecular weight is 315 g/mol. The standard InChI is InChI=1S/C14H25N3O5/c1-7(16-11(21)8(15)6-9(18)19)10(20)17-12-13(2,3)22-14(12,4)5/h7-8,12H,6,15H2,1-5H3,(H,16,21)(H,17,20)(H,18,19)/t7-,8+/m1/s1. The number of hydrogen-bond donors (Lipinski definition) is 4. The number of carboxylic acids is 1. The highest BCUT2D eigenvalue weighted by Gasteiger charge is 2.55. The topological polar surface area (TPSA) is 131 Å². The monoisotopic (exact) mass is 315 g/mol. The van der Waals surface area contributed by atoms with Crippen molar-refractivity contribution in [2.75, 3.05) is 0 Å². The van der Waals surface area contributed by atoms with Crippen LogP contribution in [-0.4, -0.2) is 52.2 Å². The van der Waals surface area contributed by atoms with Crippen LogP contribution in [0.25, 0.3) is 0 Å². The zero-order valence-corrected chi connectivity index (χ0v) is 13.6. The Kier molecular flexibility index (Phi) is 5.19. The Morgan fingerprint density at radius 3 is 2.09 bits per heavy atom. The lowest BCUT2D eigenvalue weighted by atomic mass is 9.78. The fraction of sp³-hybridized carbons (Fsp3) is 0.786. The molecule has 0 saturated carbocycles. The molecule has 8 heteroatoms. The molecule has 0 aromatic carbocycles. The van der Waals surface area contributed by atoms with E-state index in [1.54, 1.807) is 0 Å². The second kappa shape index (κ2) is 6.21. The van der Waals surface area contributed by atoms with Gasteiger partial charge in [0.2, 0.25) is 11.8 Å². The molecule has 2 amide bonds. The summed E-state index contributed by atoms with van der Waals surface area (Å²) in [7, 11) is 0. The van der Waals surface area contributed by atoms with Crippen molar-refractivity contribution in [2.24, 2.45) is 5.73 Å². The third-order valence-corrected chi connectivity index (χ3v) is 3.69. The SMILES string of the molecule is C[C@@H](NC(=O)[C@@H](N)CC(=O)O)C(=O)NC1C(C)(C)OC1(C)C. The Labute approximate surface area is 129 Å². The summed E-state index contributed by atoms with van der Waals surface area (Å²) in [5.74, 6) is -2.21. The van der Waals surface area contributed by atoms with E-state index in [1.807, 2.05) is 27.7 Å². The molecular formula is C14H25N3O5. The van der Waals surface area contributed by atoms with Crippen LogP contribution in [0, 0.1) is 0 Å². The Balaban J connectivity index is 2.55. The Morgan fingerprint density at radius 1 is 1.18 bits per heavy atom. The van der Waals surface area contributed by atoms with Crippen LogP contribution in [0.4, 0.5) is 0 Å². The largest absolute Gasteiger partial charge is 0.481 e. The molecule has 0 radical (unpaired) electrons. The van der Waals surface area contributed by atoms with Gasteiger partial charge in [0.1, 0.15) is 6.04 Å². The first-order chi connectivity index (χ1) is 9.86. The fourth-order valence-electron chi connectivity index (χ4n) is 2.86. The number of nitrogens with one attached hydrogen (secondary N) is 2. The van der Waals surface area contributed by atoms with E-state index in [1.165, 1.54) is 6.92 Å². The van der Waals surface area contributed by atoms with E-state index < -0.39 is 41.6 Å². The van der Waals surface area contributed by atoms with Crippen LogP contribution < -0.4 is 16.4 Å². The predicted molar refractivity (Wildman–Crippen MR) is 79.0 cm³/mol. The Hall–Kier alpha value is -1.67. The van der Waals surface area contributed by atoms with Crippen molar-refractivity contribution in [3.05, 3.63) is 0 Å². The van der Waals surface area contributed by atoms with Gasteiger partial charge in [0.25, 0.3) is 0 Å². The van der Waals surface area contributed by atoms with Gasteiger partial charge in [-0.15, -0.1) is 0 Å². The molecule has 0 bridgehead atoms. The molecule has 2 atom stereocenters. The summed E-state index contributed by atoms with van der Waals surface area (Å²) in [5.41, 5.74) is 4.48. The minimum Gasteiger partial charge on any atom is -0.481 e. The molecule has 8 nitrogen and oxygen atoms in total. The molecule has 1 heterocycles. The highest BCUT2D eigenvalue weighted by atomic mass is 16.6. The van der Waals surface area contributed by atoms with Crippen molar-refractivity contribution in [3.63, 3.8) is 0 Å². The van der Waals surface area contributed by atoms with E-state index in [0.717, 1.165) is 0 Å². The minimum absolute atomic E-state index is 0.195. The van der Waals surface area contributed by atoms with Gasteiger partial charge in [-0.1, -0.05) is 0 Å². The van der Waals surface area contributed by atoms with Crippen LogP contribution in [0.15, 0.2) is 0 Å². The molecule has 1 rings (SSSR count). The first-order valence-electron chi connectivity index (χ1n) is 7.15. The molecule has 5 N–H and O–H groups in total. The number of carbonyl (C=O) groups is 3. The van der Waals surface area contributed by atoms with E-state index in [0.29, 0.717) is 0 Å². The van der Waals surface area contributed by atoms with Gasteiger partial charge in [-0.05, 0) is 34.6 Å². The maximum atomic E-state index is 12.2. The third-order valence-electron chi connectivity index (χ3n) is 3.69. The predicted octanol–water partition coefficient (Wildman–Crippen LogP) is -0.635. The summed E-state index contributed by atoms with van der Waals surface area (Å²) >= 11 is 0. The number of carbonyl (C=O) groups excluding carboxylic acids is 2. The van der Waals surface area contributed by atoms with Gasteiger partial charge in [-0.2, -0.15) is 0 Å². The number of rotatable bonds is 6. The Morgan fingerprint density at radius 2 is 1.68 bits per heavy atom. The average Bonchev–Trinajstić information content (AvgIpc) is 2.32. The number of hydrogen-bond acceptors (Lipinski definition) is 5. The summed E-state index contributed by atoms with van der Waals surface area (Å²) in [5, 5.41) is 13.9. The van der Waals surface area contributed by atoms with Crippen LogP contribution in [0.5, 0.6) is 0 Å². The molecule has 0 aromatic rings. The number of nitrogens with two attached hydrogens (primary N) is 1. The summed E-state index contributed by atoms with van der Waals surface area (Å²) in [6.45, 7) is 9.00. The second-order valence-electron chi connectivity index (χ2n) is 6.69. The second-order valence-corrected chi connectivity index (χ2v) is 6.69. The van der Waals surface area contributed by atoms with Crippen molar-refractivity contribution >= 4 is 17.8 Å². The molecule has 0 spiro atoms. The molecule has 1 aliphatic rings. The molecule has 0 unspecified atom stereocenters. The van der Waals surface area contributed by atoms with Crippen LogP contribution in [0.1, 0.15) is 41.0 Å². The zero-order valence-electron chi connectivity index (χ0n) is 13.6. The number of carboxylic acid groups (broad SMARTS) is 1. The van der Waals surface area contributed by atoms with E-state index in [9.17, 15) is 14.4 Å². The molecule has 1 aliphatic heterocycles. The van der Waals surface area contributed by atoms with Crippen molar-refractivity contribution in [1.29, 1.82) is 0 Å². The van der Waals surface area contributed by atoms with E-state index in [-0.39, 0.29) is 11.9 Å². The van der Waals surface area contributed by atoms with Gasteiger partial charge in [-0.3, -0.25) is 14.4 Å². The first-order valence-corrected chi connectivity index (χ1v) is 7.15. The number of aliphatic carboxylic acids is 1. The molecule has 1 fully saturated rings. The van der Waals surface area contributed by atoms with Crippen molar-refractivity contribution in [3.8, 4) is 0 Å². The van der Waals surface area contributed by atoms with Crippen LogP contribution in [0.3, 0.4) is 0 Å². The van der Waals surface area contributed by atoms with Crippen LogP contribution in [-0.2, 0) is 19.1 Å². The summed E-state index contributed by atoms with van der Waals surface area (Å²) in [6, 6.07) is -2.20. The summed E-state index contributed by atoms with van der Waals surface area (Å²) < 4.78 is 5.68. The first kappa shape index (κ1) is 18.4. The zero-order chi connectivity index (χ0) is 17.3. The van der Waals surface area contributed by atoms with Crippen molar-refractivity contribution < 1.29 is 24.2 Å². The lowest BCUT2D eigenvalue weighted by Gasteiger charge is -2.57. The van der Waals surface area contributed by atoms with Crippen molar-refractivity contribution in [2.45, 2.75) is 70.4 Å². The number of ether oxygens (including phenoxy) is 1. The molecule has 126 valence electrons. The minimum atomic E-state index is -1.19. The van der Waals surface area contributed by atoms with E-state index in [4.69, 9.17) is 15.6 Å².